The minimum Gasteiger partial charge on any atom is -0.462 e. The number of aryl methyl sites for hydroxylation is 1. The minimum absolute atomic E-state index is 0.182. The van der Waals surface area contributed by atoms with Gasteiger partial charge in [0.2, 0.25) is 5.91 Å². The SMILES string of the molecule is Cc1cccc2cccc(N3CCc4c(nc(OC[C@@H](C)N(C)C5CC5)nc4N4CCN(C(=O)/C=C/CF)[C@@H](CC#N)C4)C3)c12. The van der Waals surface area contributed by atoms with Crippen molar-refractivity contribution in [1.29, 1.82) is 5.26 Å². The number of benzene rings is 2. The molecule has 0 radical (unpaired) electrons. The van der Waals surface area contributed by atoms with Gasteiger partial charge in [0.25, 0.3) is 0 Å². The number of alkyl halides is 1. The first-order valence-corrected chi connectivity index (χ1v) is 16.0. The Morgan fingerprint density at radius 1 is 1.18 bits per heavy atom. The summed E-state index contributed by atoms with van der Waals surface area (Å²) >= 11 is 0. The van der Waals surface area contributed by atoms with Crippen molar-refractivity contribution in [3.05, 3.63) is 65.4 Å². The highest BCUT2D eigenvalue weighted by Gasteiger charge is 2.34. The number of carbonyl (C=O) groups excluding carboxylic acids is 1. The lowest BCUT2D eigenvalue weighted by Crippen LogP contribution is -2.55. The first-order chi connectivity index (χ1) is 21.9. The van der Waals surface area contributed by atoms with Crippen molar-refractivity contribution in [2.24, 2.45) is 0 Å². The predicted octanol–water partition coefficient (Wildman–Crippen LogP) is 4.82. The lowest BCUT2D eigenvalue weighted by molar-refractivity contribution is -0.128. The number of ether oxygens (including phenoxy) is 1. The van der Waals surface area contributed by atoms with Gasteiger partial charge in [0, 0.05) is 61.0 Å². The number of nitriles is 1. The highest BCUT2D eigenvalue weighted by atomic mass is 19.1. The number of fused-ring (bicyclic) bond motifs is 2. The molecule has 45 heavy (non-hydrogen) atoms. The Kier molecular flexibility index (Phi) is 9.17. The topological polar surface area (TPSA) is 88.8 Å². The molecule has 2 aromatic carbocycles. The number of amides is 1. The Balaban J connectivity index is 1.31. The van der Waals surface area contributed by atoms with E-state index >= 15 is 0 Å². The van der Waals surface area contributed by atoms with E-state index in [0.29, 0.717) is 44.8 Å². The number of carbonyl (C=O) groups is 1. The van der Waals surface area contributed by atoms with Gasteiger partial charge in [0.05, 0.1) is 30.8 Å². The lowest BCUT2D eigenvalue weighted by Gasteiger charge is -2.42. The van der Waals surface area contributed by atoms with Crippen LogP contribution < -0.4 is 14.5 Å². The number of hydrogen-bond acceptors (Lipinski definition) is 8. The molecule has 2 aliphatic heterocycles. The van der Waals surface area contributed by atoms with Crippen molar-refractivity contribution in [2.45, 2.75) is 64.2 Å². The van der Waals surface area contributed by atoms with Crippen LogP contribution in [0.25, 0.3) is 10.8 Å². The highest BCUT2D eigenvalue weighted by molar-refractivity contribution is 5.97. The van der Waals surface area contributed by atoms with Crippen molar-refractivity contribution in [3.8, 4) is 12.1 Å². The number of aromatic nitrogens is 2. The largest absolute Gasteiger partial charge is 0.462 e. The summed E-state index contributed by atoms with van der Waals surface area (Å²) in [5.74, 6) is 0.553. The molecular weight excluding hydrogens is 569 g/mol. The number of halogens is 1. The molecule has 0 spiro atoms. The summed E-state index contributed by atoms with van der Waals surface area (Å²) in [7, 11) is 2.15. The van der Waals surface area contributed by atoms with Gasteiger partial charge < -0.3 is 19.4 Å². The summed E-state index contributed by atoms with van der Waals surface area (Å²) in [5, 5.41) is 12.1. The monoisotopic (exact) mass is 611 g/mol. The third-order valence-corrected chi connectivity index (χ3v) is 9.47. The van der Waals surface area contributed by atoms with E-state index in [2.05, 4.69) is 78.1 Å². The standard InChI is InChI=1S/C35H42FN7O2/c1-24-7-4-8-26-9-5-10-31(33(24)26)41-18-15-29-30(22-41)38-35(45-23-25(2)40(3)27-12-13-27)39-34(29)42-19-20-43(28(21-42)14-17-37)32(44)11-6-16-36/h4-11,25,27-28H,12-16,18-23H2,1-3H3/b11-6+/t25-,28+/m1/s1. The van der Waals surface area contributed by atoms with Crippen LogP contribution in [0.5, 0.6) is 6.01 Å². The molecule has 3 aromatic rings. The second-order valence-electron chi connectivity index (χ2n) is 12.5. The van der Waals surface area contributed by atoms with Crippen molar-refractivity contribution < 1.29 is 13.9 Å². The Hall–Kier alpha value is -4.23. The third-order valence-electron chi connectivity index (χ3n) is 9.47. The lowest BCUT2D eigenvalue weighted by atomic mass is 9.99. The average Bonchev–Trinajstić information content (AvgIpc) is 3.91. The summed E-state index contributed by atoms with van der Waals surface area (Å²) in [4.78, 5) is 31.4. The van der Waals surface area contributed by atoms with E-state index in [1.54, 1.807) is 4.90 Å². The van der Waals surface area contributed by atoms with Crippen molar-refractivity contribution in [3.63, 3.8) is 0 Å². The van der Waals surface area contributed by atoms with E-state index in [-0.39, 0.29) is 24.4 Å². The van der Waals surface area contributed by atoms with Gasteiger partial charge in [0.1, 0.15) is 19.1 Å². The van der Waals surface area contributed by atoms with Gasteiger partial charge in [-0.3, -0.25) is 9.69 Å². The first kappa shape index (κ1) is 30.8. The first-order valence-electron chi connectivity index (χ1n) is 16.0. The number of likely N-dealkylation sites (N-methyl/N-ethyl adjacent to an activating group) is 1. The molecule has 0 bridgehead atoms. The fraction of sp³-hybridized carbons (Fsp3) is 0.486. The van der Waals surface area contributed by atoms with Gasteiger partial charge in [-0.2, -0.15) is 15.2 Å². The number of allylic oxidation sites excluding steroid dienone is 1. The molecule has 1 aromatic heterocycles. The number of anilines is 2. The molecule has 3 aliphatic rings. The van der Waals surface area contributed by atoms with E-state index < -0.39 is 6.67 Å². The van der Waals surface area contributed by atoms with Crippen molar-refractivity contribution in [1.82, 2.24) is 19.8 Å². The van der Waals surface area contributed by atoms with Crippen LogP contribution in [0.3, 0.4) is 0 Å². The quantitative estimate of drug-likeness (QED) is 0.302. The van der Waals surface area contributed by atoms with Crippen molar-refractivity contribution in [2.75, 3.05) is 56.3 Å². The van der Waals surface area contributed by atoms with Crippen LogP contribution in [0.4, 0.5) is 15.9 Å². The Labute approximate surface area is 264 Å². The van der Waals surface area contributed by atoms with E-state index in [0.717, 1.165) is 30.0 Å². The molecule has 6 rings (SSSR count). The second kappa shape index (κ2) is 13.4. The van der Waals surface area contributed by atoms with E-state index in [1.165, 1.54) is 47.0 Å². The van der Waals surface area contributed by atoms with Gasteiger partial charge in [-0.05, 0) is 63.2 Å². The normalized spacial score (nSPS) is 19.2. The van der Waals surface area contributed by atoms with Crippen LogP contribution in [0, 0.1) is 18.3 Å². The fourth-order valence-electron chi connectivity index (χ4n) is 6.70. The molecule has 2 fully saturated rings. The maximum Gasteiger partial charge on any atom is 0.318 e. The maximum atomic E-state index is 12.8. The molecule has 2 atom stereocenters. The molecule has 1 aliphatic carbocycles. The van der Waals surface area contributed by atoms with Crippen molar-refractivity contribution >= 4 is 28.2 Å². The summed E-state index contributed by atoms with van der Waals surface area (Å²) in [6, 6.07) is 16.0. The Morgan fingerprint density at radius 3 is 2.73 bits per heavy atom. The van der Waals surface area contributed by atoms with Gasteiger partial charge in [-0.15, -0.1) is 0 Å². The van der Waals surface area contributed by atoms with Crippen LogP contribution >= 0.6 is 0 Å². The van der Waals surface area contributed by atoms with Gasteiger partial charge in [0.15, 0.2) is 0 Å². The fourth-order valence-corrected chi connectivity index (χ4v) is 6.70. The summed E-state index contributed by atoms with van der Waals surface area (Å²) in [6.07, 6.45) is 5.88. The molecular formula is C35H42FN7O2. The second-order valence-corrected chi connectivity index (χ2v) is 12.5. The number of hydrogen-bond donors (Lipinski definition) is 0. The average molecular weight is 612 g/mol. The zero-order chi connectivity index (χ0) is 31.5. The number of piperazine rings is 1. The van der Waals surface area contributed by atoms with Gasteiger partial charge >= 0.3 is 6.01 Å². The minimum atomic E-state index is -0.700. The number of rotatable bonds is 10. The third kappa shape index (κ3) is 6.59. The molecule has 1 saturated heterocycles. The van der Waals surface area contributed by atoms with Crippen LogP contribution in [-0.2, 0) is 17.8 Å². The highest BCUT2D eigenvalue weighted by Crippen LogP contribution is 2.36. The van der Waals surface area contributed by atoms with E-state index in [1.807, 2.05) is 0 Å². The van der Waals surface area contributed by atoms with Crippen LogP contribution in [0.15, 0.2) is 48.6 Å². The molecule has 1 saturated carbocycles. The number of nitrogens with zero attached hydrogens (tertiary/aromatic N) is 7. The molecule has 0 unspecified atom stereocenters. The summed E-state index contributed by atoms with van der Waals surface area (Å²) in [5.41, 5.74) is 4.47. The van der Waals surface area contributed by atoms with Crippen LogP contribution in [0.2, 0.25) is 0 Å². The molecule has 236 valence electrons. The van der Waals surface area contributed by atoms with E-state index in [9.17, 15) is 14.4 Å². The molecule has 0 N–H and O–H groups in total. The molecule has 1 amide bonds. The molecule has 10 heteroatoms. The van der Waals surface area contributed by atoms with Crippen LogP contribution in [-0.4, -0.2) is 90.3 Å². The smallest absolute Gasteiger partial charge is 0.318 e. The van der Waals surface area contributed by atoms with Crippen LogP contribution in [0.1, 0.15) is 43.0 Å². The zero-order valence-electron chi connectivity index (χ0n) is 26.5. The maximum absolute atomic E-state index is 12.8. The zero-order valence-corrected chi connectivity index (χ0v) is 26.5. The predicted molar refractivity (Wildman–Crippen MR) is 174 cm³/mol. The van der Waals surface area contributed by atoms with Gasteiger partial charge in [-0.25, -0.2) is 4.39 Å². The molecule has 3 heterocycles. The summed E-state index contributed by atoms with van der Waals surface area (Å²) in [6.45, 7) is 6.97. The Bertz CT molecular complexity index is 1610. The Morgan fingerprint density at radius 2 is 1.98 bits per heavy atom. The summed E-state index contributed by atoms with van der Waals surface area (Å²) < 4.78 is 19.0. The molecule has 9 nitrogen and oxygen atoms in total. The van der Waals surface area contributed by atoms with Gasteiger partial charge in [-0.1, -0.05) is 30.3 Å². The van der Waals surface area contributed by atoms with E-state index in [4.69, 9.17) is 14.7 Å².